The highest BCUT2D eigenvalue weighted by molar-refractivity contribution is 7.91. The Labute approximate surface area is 129 Å². The number of benzene rings is 1. The summed E-state index contributed by atoms with van der Waals surface area (Å²) in [6.45, 7) is 7.37. The van der Waals surface area contributed by atoms with Crippen molar-refractivity contribution >= 4 is 9.84 Å². The lowest BCUT2D eigenvalue weighted by molar-refractivity contribution is 0.400. The van der Waals surface area contributed by atoms with Crippen LogP contribution in [0.3, 0.4) is 0 Å². The van der Waals surface area contributed by atoms with Crippen LogP contribution in [0.5, 0.6) is 0 Å². The molecule has 1 fully saturated rings. The Morgan fingerprint density at radius 3 is 2.38 bits per heavy atom. The standard InChI is InChI=1S/C17H27NO2S/c1-4-18-17(16-9-10-21(19,20)12-16)15-7-5-14(6-8-15)11-13(2)3/h5-8,13,16-18H,4,9-12H2,1-3H3. The predicted molar refractivity (Wildman–Crippen MR) is 88.2 cm³/mol. The first-order valence-corrected chi connectivity index (χ1v) is 9.76. The van der Waals surface area contributed by atoms with E-state index in [0.29, 0.717) is 17.4 Å². The van der Waals surface area contributed by atoms with Gasteiger partial charge < -0.3 is 5.32 Å². The van der Waals surface area contributed by atoms with Crippen molar-refractivity contribution in [2.75, 3.05) is 18.1 Å². The van der Waals surface area contributed by atoms with Gasteiger partial charge in [0.25, 0.3) is 0 Å². The van der Waals surface area contributed by atoms with Crippen LogP contribution in [-0.2, 0) is 16.3 Å². The summed E-state index contributed by atoms with van der Waals surface area (Å²) >= 11 is 0. The van der Waals surface area contributed by atoms with E-state index in [1.165, 1.54) is 11.1 Å². The highest BCUT2D eigenvalue weighted by Crippen LogP contribution is 2.31. The van der Waals surface area contributed by atoms with Gasteiger partial charge in [0.1, 0.15) is 0 Å². The van der Waals surface area contributed by atoms with Crippen molar-refractivity contribution in [1.82, 2.24) is 5.32 Å². The minimum atomic E-state index is -2.83. The van der Waals surface area contributed by atoms with E-state index in [2.05, 4.69) is 50.4 Å². The second-order valence-electron chi connectivity index (χ2n) is 6.54. The van der Waals surface area contributed by atoms with Crippen LogP contribution in [0.1, 0.15) is 44.4 Å². The molecule has 2 unspecified atom stereocenters. The number of sulfone groups is 1. The maximum absolute atomic E-state index is 11.7. The molecule has 21 heavy (non-hydrogen) atoms. The summed E-state index contributed by atoms with van der Waals surface area (Å²) in [6, 6.07) is 8.85. The van der Waals surface area contributed by atoms with Gasteiger partial charge in [-0.25, -0.2) is 8.42 Å². The van der Waals surface area contributed by atoms with Crippen molar-refractivity contribution < 1.29 is 8.42 Å². The largest absolute Gasteiger partial charge is 0.310 e. The fraction of sp³-hybridized carbons (Fsp3) is 0.647. The molecule has 2 atom stereocenters. The molecule has 118 valence electrons. The lowest BCUT2D eigenvalue weighted by atomic mass is 9.91. The third-order valence-electron chi connectivity index (χ3n) is 4.15. The van der Waals surface area contributed by atoms with Crippen LogP contribution >= 0.6 is 0 Å². The van der Waals surface area contributed by atoms with Crippen molar-refractivity contribution in [3.63, 3.8) is 0 Å². The third kappa shape index (κ3) is 4.55. The van der Waals surface area contributed by atoms with Gasteiger partial charge >= 0.3 is 0 Å². The Bertz CT molecular complexity index is 549. The van der Waals surface area contributed by atoms with Gasteiger partial charge in [-0.05, 0) is 42.3 Å². The van der Waals surface area contributed by atoms with Crippen molar-refractivity contribution in [2.24, 2.45) is 11.8 Å². The zero-order chi connectivity index (χ0) is 15.5. The molecule has 0 bridgehead atoms. The number of hydrogen-bond donors (Lipinski definition) is 1. The Kier molecular flexibility index (Phi) is 5.44. The van der Waals surface area contributed by atoms with Crippen LogP contribution in [0.25, 0.3) is 0 Å². The quantitative estimate of drug-likeness (QED) is 0.879. The zero-order valence-corrected chi connectivity index (χ0v) is 14.1. The van der Waals surface area contributed by atoms with E-state index < -0.39 is 9.84 Å². The Morgan fingerprint density at radius 2 is 1.90 bits per heavy atom. The molecule has 4 heteroatoms. The zero-order valence-electron chi connectivity index (χ0n) is 13.3. The lowest BCUT2D eigenvalue weighted by Crippen LogP contribution is -2.29. The third-order valence-corrected chi connectivity index (χ3v) is 5.94. The van der Waals surface area contributed by atoms with E-state index in [4.69, 9.17) is 0 Å². The minimum absolute atomic E-state index is 0.153. The molecular formula is C17H27NO2S. The van der Waals surface area contributed by atoms with Crippen molar-refractivity contribution in [2.45, 2.75) is 39.7 Å². The molecular weight excluding hydrogens is 282 g/mol. The molecule has 1 aromatic carbocycles. The molecule has 0 saturated carbocycles. The molecule has 1 aliphatic rings. The van der Waals surface area contributed by atoms with Crippen LogP contribution in [0.15, 0.2) is 24.3 Å². The van der Waals surface area contributed by atoms with Gasteiger partial charge in [0, 0.05) is 6.04 Å². The number of rotatable bonds is 6. The van der Waals surface area contributed by atoms with Gasteiger partial charge in [-0.1, -0.05) is 45.0 Å². The summed E-state index contributed by atoms with van der Waals surface area (Å²) in [4.78, 5) is 0. The smallest absolute Gasteiger partial charge is 0.150 e. The van der Waals surface area contributed by atoms with Gasteiger partial charge in [0.2, 0.25) is 0 Å². The average Bonchev–Trinajstić information content (AvgIpc) is 2.77. The molecule has 1 aromatic rings. The van der Waals surface area contributed by atoms with E-state index in [0.717, 1.165) is 19.4 Å². The molecule has 0 aliphatic carbocycles. The summed E-state index contributed by atoms with van der Waals surface area (Å²) < 4.78 is 23.5. The van der Waals surface area contributed by atoms with E-state index in [1.54, 1.807) is 0 Å². The molecule has 1 aliphatic heterocycles. The fourth-order valence-corrected chi connectivity index (χ4v) is 5.04. The SMILES string of the molecule is CCNC(c1ccc(CC(C)C)cc1)C1CCS(=O)(=O)C1. The minimum Gasteiger partial charge on any atom is -0.310 e. The molecule has 0 spiro atoms. The van der Waals surface area contributed by atoms with E-state index >= 15 is 0 Å². The van der Waals surface area contributed by atoms with Gasteiger partial charge in [0.15, 0.2) is 9.84 Å². The molecule has 0 radical (unpaired) electrons. The molecule has 1 N–H and O–H groups in total. The maximum atomic E-state index is 11.7. The summed E-state index contributed by atoms with van der Waals surface area (Å²) in [5.74, 6) is 1.51. The van der Waals surface area contributed by atoms with Gasteiger partial charge in [-0.2, -0.15) is 0 Å². The van der Waals surface area contributed by atoms with Crippen LogP contribution in [0, 0.1) is 11.8 Å². The Hall–Kier alpha value is -0.870. The molecule has 0 aromatic heterocycles. The normalized spacial score (nSPS) is 22.6. The van der Waals surface area contributed by atoms with Gasteiger partial charge in [0.05, 0.1) is 11.5 Å². The first-order valence-electron chi connectivity index (χ1n) is 7.94. The monoisotopic (exact) mass is 309 g/mol. The fourth-order valence-electron chi connectivity index (χ4n) is 3.20. The highest BCUT2D eigenvalue weighted by atomic mass is 32.2. The van der Waals surface area contributed by atoms with Crippen LogP contribution in [0.4, 0.5) is 0 Å². The van der Waals surface area contributed by atoms with E-state index in [9.17, 15) is 8.42 Å². The van der Waals surface area contributed by atoms with E-state index in [-0.39, 0.29) is 12.0 Å². The van der Waals surface area contributed by atoms with Gasteiger partial charge in [-0.15, -0.1) is 0 Å². The first-order chi connectivity index (χ1) is 9.91. The lowest BCUT2D eigenvalue weighted by Gasteiger charge is -2.24. The summed E-state index contributed by atoms with van der Waals surface area (Å²) in [7, 11) is -2.83. The maximum Gasteiger partial charge on any atom is 0.150 e. The predicted octanol–water partition coefficient (Wildman–Crippen LogP) is 2.97. The van der Waals surface area contributed by atoms with Crippen molar-refractivity contribution in [3.8, 4) is 0 Å². The van der Waals surface area contributed by atoms with Crippen molar-refractivity contribution in [1.29, 1.82) is 0 Å². The molecule has 1 saturated heterocycles. The van der Waals surface area contributed by atoms with Crippen LogP contribution < -0.4 is 5.32 Å². The second-order valence-corrected chi connectivity index (χ2v) is 8.77. The number of hydrogen-bond acceptors (Lipinski definition) is 3. The molecule has 1 heterocycles. The number of nitrogens with one attached hydrogen (secondary N) is 1. The van der Waals surface area contributed by atoms with Crippen LogP contribution in [-0.4, -0.2) is 26.5 Å². The Balaban J connectivity index is 2.14. The first kappa shape index (κ1) is 16.5. The summed E-state index contributed by atoms with van der Waals surface area (Å²) in [5.41, 5.74) is 2.56. The van der Waals surface area contributed by atoms with E-state index in [1.807, 2.05) is 0 Å². The highest BCUT2D eigenvalue weighted by Gasteiger charge is 2.33. The molecule has 0 amide bonds. The summed E-state index contributed by atoms with van der Waals surface area (Å²) in [6.07, 6.45) is 1.86. The summed E-state index contributed by atoms with van der Waals surface area (Å²) in [5, 5.41) is 3.47. The second kappa shape index (κ2) is 6.93. The topological polar surface area (TPSA) is 46.2 Å². The van der Waals surface area contributed by atoms with Crippen LogP contribution in [0.2, 0.25) is 0 Å². The average molecular weight is 309 g/mol. The van der Waals surface area contributed by atoms with Gasteiger partial charge in [-0.3, -0.25) is 0 Å². The molecule has 2 rings (SSSR count). The molecule has 3 nitrogen and oxygen atoms in total. The van der Waals surface area contributed by atoms with Crippen molar-refractivity contribution in [3.05, 3.63) is 35.4 Å². The Morgan fingerprint density at radius 1 is 1.24 bits per heavy atom.